The average molecular weight is 382 g/mol. The quantitative estimate of drug-likeness (QED) is 0.854. The number of nitrogens with zero attached hydrogens (tertiary/aromatic N) is 3. The van der Waals surface area contributed by atoms with Crippen LogP contribution in [-0.2, 0) is 20.0 Å². The lowest BCUT2D eigenvalue weighted by Crippen LogP contribution is -2.43. The fraction of sp³-hybridized carbons (Fsp3) is 0.526. The SMILES string of the molecule is Cc1nn(C)c(Cl)c1CN1CCC(CO)(Cc2ccc(Cl)cc2)CC1. The van der Waals surface area contributed by atoms with Crippen molar-refractivity contribution in [3.63, 3.8) is 0 Å². The number of hydrogen-bond donors (Lipinski definition) is 1. The lowest BCUT2D eigenvalue weighted by molar-refractivity contribution is 0.0413. The summed E-state index contributed by atoms with van der Waals surface area (Å²) in [7, 11) is 1.87. The molecule has 1 aromatic carbocycles. The fourth-order valence-corrected chi connectivity index (χ4v) is 4.05. The molecule has 1 aromatic heterocycles. The van der Waals surface area contributed by atoms with E-state index >= 15 is 0 Å². The van der Waals surface area contributed by atoms with Crippen LogP contribution in [0.25, 0.3) is 0 Å². The number of piperidine rings is 1. The van der Waals surface area contributed by atoms with Crippen LogP contribution in [0.2, 0.25) is 10.2 Å². The summed E-state index contributed by atoms with van der Waals surface area (Å²) in [5.74, 6) is 0. The molecular weight excluding hydrogens is 357 g/mol. The van der Waals surface area contributed by atoms with E-state index in [1.807, 2.05) is 26.1 Å². The summed E-state index contributed by atoms with van der Waals surface area (Å²) in [5.41, 5.74) is 3.29. The third kappa shape index (κ3) is 4.20. The van der Waals surface area contributed by atoms with Gasteiger partial charge in [0.2, 0.25) is 0 Å². The van der Waals surface area contributed by atoms with E-state index in [1.54, 1.807) is 4.68 Å². The maximum Gasteiger partial charge on any atom is 0.131 e. The van der Waals surface area contributed by atoms with E-state index in [9.17, 15) is 5.11 Å². The van der Waals surface area contributed by atoms with Crippen LogP contribution in [0, 0.1) is 12.3 Å². The Morgan fingerprint density at radius 3 is 2.32 bits per heavy atom. The highest BCUT2D eigenvalue weighted by Crippen LogP contribution is 2.36. The monoisotopic (exact) mass is 381 g/mol. The molecule has 0 bridgehead atoms. The molecule has 0 amide bonds. The minimum absolute atomic E-state index is 0.0435. The van der Waals surface area contributed by atoms with Crippen LogP contribution in [0.1, 0.15) is 29.7 Å². The van der Waals surface area contributed by atoms with Crippen molar-refractivity contribution in [2.24, 2.45) is 12.5 Å². The van der Waals surface area contributed by atoms with Gasteiger partial charge in [0.25, 0.3) is 0 Å². The van der Waals surface area contributed by atoms with E-state index in [1.165, 1.54) is 5.56 Å². The molecule has 0 spiro atoms. The standard InChI is InChI=1S/C19H25Cl2N3O/c1-14-17(18(21)23(2)22-14)12-24-9-7-19(13-25,8-10-24)11-15-3-5-16(20)6-4-15/h3-6,25H,7-13H2,1-2H3. The highest BCUT2D eigenvalue weighted by Gasteiger charge is 2.34. The van der Waals surface area contributed by atoms with E-state index in [2.05, 4.69) is 22.1 Å². The van der Waals surface area contributed by atoms with Crippen molar-refractivity contribution >= 4 is 23.2 Å². The van der Waals surface area contributed by atoms with Crippen LogP contribution < -0.4 is 0 Å². The molecule has 1 N–H and O–H groups in total. The van der Waals surface area contributed by atoms with Crippen molar-refractivity contribution in [1.29, 1.82) is 0 Å². The first-order valence-electron chi connectivity index (χ1n) is 8.68. The van der Waals surface area contributed by atoms with Crippen molar-refractivity contribution in [3.05, 3.63) is 51.3 Å². The molecule has 2 heterocycles. The molecule has 2 aromatic rings. The summed E-state index contributed by atoms with van der Waals surface area (Å²) in [4.78, 5) is 2.41. The number of aliphatic hydroxyl groups is 1. The maximum atomic E-state index is 10.0. The van der Waals surface area contributed by atoms with Crippen molar-refractivity contribution in [3.8, 4) is 0 Å². The number of aromatic nitrogens is 2. The number of halogens is 2. The molecule has 1 saturated heterocycles. The Bertz CT molecular complexity index is 719. The molecule has 1 aliphatic rings. The van der Waals surface area contributed by atoms with Crippen LogP contribution in [0.4, 0.5) is 0 Å². The first-order chi connectivity index (χ1) is 11.9. The molecule has 0 radical (unpaired) electrons. The number of hydrogen-bond acceptors (Lipinski definition) is 3. The second-order valence-electron chi connectivity index (χ2n) is 7.22. The molecule has 1 aliphatic heterocycles. The molecule has 0 unspecified atom stereocenters. The summed E-state index contributed by atoms with van der Waals surface area (Å²) in [6.07, 6.45) is 2.84. The third-order valence-corrected chi connectivity index (χ3v) is 6.12. The molecule has 0 aliphatic carbocycles. The molecule has 6 heteroatoms. The minimum Gasteiger partial charge on any atom is -0.396 e. The molecule has 25 heavy (non-hydrogen) atoms. The summed E-state index contributed by atoms with van der Waals surface area (Å²) >= 11 is 12.3. The number of aryl methyl sites for hydroxylation is 2. The van der Waals surface area contributed by atoms with Crippen LogP contribution in [-0.4, -0.2) is 39.5 Å². The molecule has 0 atom stereocenters. The first kappa shape index (κ1) is 18.7. The molecular formula is C19H25Cl2N3O. The number of benzene rings is 1. The fourth-order valence-electron chi connectivity index (χ4n) is 3.69. The van der Waals surface area contributed by atoms with Gasteiger partial charge in [-0.25, -0.2) is 0 Å². The molecule has 136 valence electrons. The Hall–Kier alpha value is -1.07. The van der Waals surface area contributed by atoms with Crippen LogP contribution in [0.15, 0.2) is 24.3 Å². The van der Waals surface area contributed by atoms with Crippen molar-refractivity contribution < 1.29 is 5.11 Å². The normalized spacial score (nSPS) is 17.8. The van der Waals surface area contributed by atoms with E-state index in [0.29, 0.717) is 0 Å². The van der Waals surface area contributed by atoms with Gasteiger partial charge in [0, 0.05) is 30.8 Å². The highest BCUT2D eigenvalue weighted by atomic mass is 35.5. The largest absolute Gasteiger partial charge is 0.396 e. The van der Waals surface area contributed by atoms with Gasteiger partial charge in [0.15, 0.2) is 0 Å². The Morgan fingerprint density at radius 1 is 1.16 bits per heavy atom. The van der Waals surface area contributed by atoms with E-state index < -0.39 is 0 Å². The number of aliphatic hydroxyl groups excluding tert-OH is 1. The molecule has 4 nitrogen and oxygen atoms in total. The number of likely N-dealkylation sites (tertiary alicyclic amines) is 1. The van der Waals surface area contributed by atoms with Gasteiger partial charge in [0.1, 0.15) is 5.15 Å². The zero-order valence-electron chi connectivity index (χ0n) is 14.8. The number of rotatable bonds is 5. The van der Waals surface area contributed by atoms with Crippen molar-refractivity contribution in [1.82, 2.24) is 14.7 Å². The average Bonchev–Trinajstić information content (AvgIpc) is 2.85. The predicted octanol–water partition coefficient (Wildman–Crippen LogP) is 3.85. The Balaban J connectivity index is 1.63. The minimum atomic E-state index is -0.0435. The van der Waals surface area contributed by atoms with Crippen LogP contribution in [0.3, 0.4) is 0 Å². The first-order valence-corrected chi connectivity index (χ1v) is 9.44. The highest BCUT2D eigenvalue weighted by molar-refractivity contribution is 6.30. The van der Waals surface area contributed by atoms with Gasteiger partial charge in [0.05, 0.1) is 5.69 Å². The van der Waals surface area contributed by atoms with Gasteiger partial charge in [-0.3, -0.25) is 9.58 Å². The Kier molecular flexibility index (Phi) is 5.74. The van der Waals surface area contributed by atoms with Gasteiger partial charge in [-0.1, -0.05) is 35.3 Å². The summed E-state index contributed by atoms with van der Waals surface area (Å²) in [6, 6.07) is 7.96. The maximum absolute atomic E-state index is 10.0. The van der Waals surface area contributed by atoms with Gasteiger partial charge in [-0.15, -0.1) is 0 Å². The molecule has 3 rings (SSSR count). The zero-order valence-corrected chi connectivity index (χ0v) is 16.3. The summed E-state index contributed by atoms with van der Waals surface area (Å²) in [5, 5.41) is 15.9. The van der Waals surface area contributed by atoms with Crippen LogP contribution >= 0.6 is 23.2 Å². The van der Waals surface area contributed by atoms with Gasteiger partial charge < -0.3 is 5.11 Å². The van der Waals surface area contributed by atoms with Crippen molar-refractivity contribution in [2.45, 2.75) is 32.7 Å². The molecule has 0 saturated carbocycles. The third-order valence-electron chi connectivity index (χ3n) is 5.40. The van der Waals surface area contributed by atoms with E-state index in [4.69, 9.17) is 23.2 Å². The van der Waals surface area contributed by atoms with Gasteiger partial charge in [-0.2, -0.15) is 5.10 Å². The van der Waals surface area contributed by atoms with E-state index in [0.717, 1.165) is 60.3 Å². The van der Waals surface area contributed by atoms with Gasteiger partial charge in [-0.05, 0) is 62.4 Å². The Morgan fingerprint density at radius 2 is 1.80 bits per heavy atom. The lowest BCUT2D eigenvalue weighted by atomic mass is 9.74. The topological polar surface area (TPSA) is 41.3 Å². The predicted molar refractivity (Wildman–Crippen MR) is 102 cm³/mol. The van der Waals surface area contributed by atoms with Gasteiger partial charge >= 0.3 is 0 Å². The second-order valence-corrected chi connectivity index (χ2v) is 8.01. The summed E-state index contributed by atoms with van der Waals surface area (Å²) in [6.45, 7) is 4.96. The summed E-state index contributed by atoms with van der Waals surface area (Å²) < 4.78 is 1.73. The smallest absolute Gasteiger partial charge is 0.131 e. The lowest BCUT2D eigenvalue weighted by Gasteiger charge is -2.41. The van der Waals surface area contributed by atoms with Crippen LogP contribution in [0.5, 0.6) is 0 Å². The molecule has 1 fully saturated rings. The van der Waals surface area contributed by atoms with Crippen molar-refractivity contribution in [2.75, 3.05) is 19.7 Å². The van der Waals surface area contributed by atoms with E-state index in [-0.39, 0.29) is 12.0 Å². The second kappa shape index (κ2) is 7.67. The Labute approximate surface area is 159 Å². The zero-order chi connectivity index (χ0) is 18.0.